The van der Waals surface area contributed by atoms with Crippen molar-refractivity contribution in [2.75, 3.05) is 6.61 Å². The third kappa shape index (κ3) is 3.56. The molecule has 0 aliphatic heterocycles. The minimum Gasteiger partial charge on any atom is -0.508 e. The molecule has 1 atom stereocenters. The van der Waals surface area contributed by atoms with Gasteiger partial charge in [0.25, 0.3) is 0 Å². The quantitative estimate of drug-likeness (QED) is 0.739. The van der Waals surface area contributed by atoms with Crippen LogP contribution in [0.5, 0.6) is 5.75 Å². The third-order valence-electron chi connectivity index (χ3n) is 2.11. The molecule has 0 saturated carbocycles. The van der Waals surface area contributed by atoms with Gasteiger partial charge in [-0.25, -0.2) is 0 Å². The molecule has 2 nitrogen and oxygen atoms in total. The molecule has 0 fully saturated rings. The van der Waals surface area contributed by atoms with Gasteiger partial charge in [0.1, 0.15) is 5.75 Å². The van der Waals surface area contributed by atoms with E-state index in [2.05, 4.69) is 0 Å². The Morgan fingerprint density at radius 2 is 2.00 bits per heavy atom. The van der Waals surface area contributed by atoms with E-state index in [9.17, 15) is 5.11 Å². The van der Waals surface area contributed by atoms with Crippen LogP contribution in [0.15, 0.2) is 24.3 Å². The van der Waals surface area contributed by atoms with Crippen molar-refractivity contribution >= 4 is 11.6 Å². The van der Waals surface area contributed by atoms with Crippen LogP contribution in [-0.4, -0.2) is 22.2 Å². The molecule has 1 aromatic rings. The topological polar surface area (TPSA) is 40.5 Å². The number of phenols is 1. The smallest absolute Gasteiger partial charge is 0.118 e. The second-order valence-corrected chi connectivity index (χ2v) is 3.91. The zero-order chi connectivity index (χ0) is 10.4. The molecular weight excluding hydrogens is 200 g/mol. The van der Waals surface area contributed by atoms with Crippen LogP contribution in [0.3, 0.4) is 0 Å². The van der Waals surface area contributed by atoms with E-state index in [0.717, 1.165) is 12.0 Å². The zero-order valence-electron chi connectivity index (χ0n) is 7.99. The first kappa shape index (κ1) is 11.3. The summed E-state index contributed by atoms with van der Waals surface area (Å²) >= 11 is 6.04. The van der Waals surface area contributed by atoms with Gasteiger partial charge in [0, 0.05) is 12.0 Å². The molecule has 0 heterocycles. The Hall–Kier alpha value is -0.730. The van der Waals surface area contributed by atoms with E-state index in [-0.39, 0.29) is 12.0 Å². The van der Waals surface area contributed by atoms with Crippen molar-refractivity contribution in [2.45, 2.75) is 24.6 Å². The monoisotopic (exact) mass is 214 g/mol. The van der Waals surface area contributed by atoms with Crippen molar-refractivity contribution in [3.05, 3.63) is 29.8 Å². The number of hydrogen-bond acceptors (Lipinski definition) is 2. The van der Waals surface area contributed by atoms with Crippen LogP contribution in [0.2, 0.25) is 0 Å². The summed E-state index contributed by atoms with van der Waals surface area (Å²) in [6.07, 6.45) is 2.13. The molecule has 0 aliphatic rings. The fourth-order valence-corrected chi connectivity index (χ4v) is 1.66. The highest BCUT2D eigenvalue weighted by atomic mass is 35.5. The van der Waals surface area contributed by atoms with Gasteiger partial charge in [0.15, 0.2) is 0 Å². The van der Waals surface area contributed by atoms with Crippen molar-refractivity contribution in [3.8, 4) is 5.75 Å². The van der Waals surface area contributed by atoms with Gasteiger partial charge in [-0.15, -0.1) is 11.6 Å². The number of phenolic OH excluding ortho intramolecular Hbond substituents is 1. The van der Waals surface area contributed by atoms with E-state index >= 15 is 0 Å². The highest BCUT2D eigenvalue weighted by molar-refractivity contribution is 6.20. The Balaban J connectivity index is 2.47. The Kier molecular flexibility index (Phi) is 4.77. The molecule has 2 N–H and O–H groups in total. The number of aliphatic hydroxyl groups excluding tert-OH is 1. The molecule has 1 aromatic carbocycles. The SMILES string of the molecule is OCCCC(Cl)Cc1ccccc1O. The van der Waals surface area contributed by atoms with Crippen LogP contribution in [0.25, 0.3) is 0 Å². The van der Waals surface area contributed by atoms with E-state index in [1.165, 1.54) is 0 Å². The maximum Gasteiger partial charge on any atom is 0.118 e. The lowest BCUT2D eigenvalue weighted by atomic mass is 10.1. The number of halogens is 1. The first-order valence-electron chi connectivity index (χ1n) is 4.76. The summed E-state index contributed by atoms with van der Waals surface area (Å²) in [5.74, 6) is 0.294. The van der Waals surface area contributed by atoms with Gasteiger partial charge in [-0.2, -0.15) is 0 Å². The van der Waals surface area contributed by atoms with Crippen LogP contribution in [0, 0.1) is 0 Å². The molecule has 3 heteroatoms. The van der Waals surface area contributed by atoms with E-state index in [1.54, 1.807) is 12.1 Å². The first-order valence-corrected chi connectivity index (χ1v) is 5.19. The van der Waals surface area contributed by atoms with Crippen molar-refractivity contribution in [2.24, 2.45) is 0 Å². The highest BCUT2D eigenvalue weighted by Crippen LogP contribution is 2.20. The molecule has 1 unspecified atom stereocenters. The maximum absolute atomic E-state index is 9.48. The van der Waals surface area contributed by atoms with Gasteiger partial charge >= 0.3 is 0 Å². The predicted molar refractivity (Wildman–Crippen MR) is 57.8 cm³/mol. The molecule has 0 amide bonds. The molecule has 14 heavy (non-hydrogen) atoms. The minimum absolute atomic E-state index is 0.0181. The molecular formula is C11H15ClO2. The van der Waals surface area contributed by atoms with Gasteiger partial charge in [-0.3, -0.25) is 0 Å². The second-order valence-electron chi connectivity index (χ2n) is 3.30. The van der Waals surface area contributed by atoms with Crippen molar-refractivity contribution < 1.29 is 10.2 Å². The lowest BCUT2D eigenvalue weighted by Gasteiger charge is -2.09. The van der Waals surface area contributed by atoms with Gasteiger partial charge in [-0.05, 0) is 30.9 Å². The lowest BCUT2D eigenvalue weighted by molar-refractivity contribution is 0.283. The molecule has 1 rings (SSSR count). The average molecular weight is 215 g/mol. The fourth-order valence-electron chi connectivity index (χ4n) is 1.34. The number of rotatable bonds is 5. The molecule has 0 saturated heterocycles. The fraction of sp³-hybridized carbons (Fsp3) is 0.455. The summed E-state index contributed by atoms with van der Waals surface area (Å²) in [5, 5.41) is 18.1. The maximum atomic E-state index is 9.48. The summed E-state index contributed by atoms with van der Waals surface area (Å²) in [6, 6.07) is 7.19. The standard InChI is InChI=1S/C11H15ClO2/c12-10(5-3-7-13)8-9-4-1-2-6-11(9)14/h1-2,4,6,10,13-14H,3,5,7-8H2. The third-order valence-corrected chi connectivity index (χ3v) is 2.48. The van der Waals surface area contributed by atoms with E-state index in [4.69, 9.17) is 16.7 Å². The zero-order valence-corrected chi connectivity index (χ0v) is 8.74. The lowest BCUT2D eigenvalue weighted by Crippen LogP contribution is -2.04. The Bertz CT molecular complexity index is 276. The van der Waals surface area contributed by atoms with Gasteiger partial charge in [-0.1, -0.05) is 18.2 Å². The number of aromatic hydroxyl groups is 1. The largest absolute Gasteiger partial charge is 0.508 e. The van der Waals surface area contributed by atoms with Crippen LogP contribution >= 0.6 is 11.6 Å². The number of para-hydroxylation sites is 1. The molecule has 0 aliphatic carbocycles. The number of alkyl halides is 1. The molecule has 0 aromatic heterocycles. The van der Waals surface area contributed by atoms with Crippen molar-refractivity contribution in [3.63, 3.8) is 0 Å². The Morgan fingerprint density at radius 1 is 1.29 bits per heavy atom. The van der Waals surface area contributed by atoms with E-state index < -0.39 is 0 Å². The summed E-state index contributed by atoms with van der Waals surface area (Å²) in [6.45, 7) is 0.171. The highest BCUT2D eigenvalue weighted by Gasteiger charge is 2.08. The first-order chi connectivity index (χ1) is 6.74. The number of hydrogen-bond donors (Lipinski definition) is 2. The minimum atomic E-state index is -0.0181. The molecule has 0 spiro atoms. The van der Waals surface area contributed by atoms with Crippen molar-refractivity contribution in [1.29, 1.82) is 0 Å². The Morgan fingerprint density at radius 3 is 2.64 bits per heavy atom. The van der Waals surface area contributed by atoms with Gasteiger partial charge in [0.2, 0.25) is 0 Å². The second kappa shape index (κ2) is 5.89. The van der Waals surface area contributed by atoms with Gasteiger partial charge in [0.05, 0.1) is 0 Å². The Labute approximate surface area is 89.1 Å². The summed E-state index contributed by atoms with van der Waals surface area (Å²) < 4.78 is 0. The average Bonchev–Trinajstić information content (AvgIpc) is 2.18. The van der Waals surface area contributed by atoms with Gasteiger partial charge < -0.3 is 10.2 Å². The van der Waals surface area contributed by atoms with E-state index in [0.29, 0.717) is 18.6 Å². The van der Waals surface area contributed by atoms with E-state index in [1.807, 2.05) is 12.1 Å². The summed E-state index contributed by atoms with van der Waals surface area (Å²) in [4.78, 5) is 0. The van der Waals surface area contributed by atoms with Crippen molar-refractivity contribution in [1.82, 2.24) is 0 Å². The molecule has 0 bridgehead atoms. The molecule has 0 radical (unpaired) electrons. The normalized spacial score (nSPS) is 12.7. The van der Waals surface area contributed by atoms with Crippen LogP contribution in [0.1, 0.15) is 18.4 Å². The van der Waals surface area contributed by atoms with Crippen LogP contribution < -0.4 is 0 Å². The summed E-state index contributed by atoms with van der Waals surface area (Å²) in [7, 11) is 0. The van der Waals surface area contributed by atoms with Crippen LogP contribution in [0.4, 0.5) is 0 Å². The summed E-state index contributed by atoms with van der Waals surface area (Å²) in [5.41, 5.74) is 0.866. The predicted octanol–water partition coefficient (Wildman–Crippen LogP) is 2.31. The molecule has 78 valence electrons. The number of benzene rings is 1. The van der Waals surface area contributed by atoms with Crippen LogP contribution in [-0.2, 0) is 6.42 Å². The number of aliphatic hydroxyl groups is 1.